The number of para-hydroxylation sites is 1. The lowest BCUT2D eigenvalue weighted by Gasteiger charge is -2.27. The number of nitrogens with one attached hydrogen (secondary N) is 5. The van der Waals surface area contributed by atoms with Gasteiger partial charge in [-0.1, -0.05) is 77.8 Å². The number of benzene rings is 3. The molecule has 1 aliphatic rings. The molecule has 1 aromatic heterocycles. The maximum absolute atomic E-state index is 13.8. The van der Waals surface area contributed by atoms with Crippen molar-refractivity contribution in [1.82, 2.24) is 26.3 Å². The Morgan fingerprint density at radius 2 is 1.36 bits per heavy atom. The Morgan fingerprint density at radius 1 is 0.659 bits per heavy atom. The summed E-state index contributed by atoms with van der Waals surface area (Å²) >= 11 is 12.3. The normalized spacial score (nSPS) is 20.3. The van der Waals surface area contributed by atoms with Crippen LogP contribution in [0.5, 0.6) is 0 Å². The highest BCUT2D eigenvalue weighted by molar-refractivity contribution is 6.42. The summed E-state index contributed by atoms with van der Waals surface area (Å²) in [7, 11) is 0. The molecule has 1 aliphatic heterocycles. The number of H-pyrrole nitrogens is 1. The Morgan fingerprint density at radius 3 is 2.16 bits per heavy atom. The van der Waals surface area contributed by atoms with Gasteiger partial charge in [0.05, 0.1) is 16.1 Å². The third kappa shape index (κ3) is 8.18. The number of aromatic nitrogens is 1. The third-order valence-corrected chi connectivity index (χ3v) is 8.34. The average molecular weight is 635 g/mol. The Hall–Kier alpha value is -4.34. The first-order chi connectivity index (χ1) is 21.2. The fourth-order valence-corrected chi connectivity index (χ4v) is 5.63. The second kappa shape index (κ2) is 14.4. The first-order valence-electron chi connectivity index (χ1n) is 14.4. The first kappa shape index (κ1) is 31.1. The molecule has 4 aromatic rings. The van der Waals surface area contributed by atoms with Crippen molar-refractivity contribution in [1.29, 1.82) is 0 Å². The maximum atomic E-state index is 13.8. The molecule has 5 N–H and O–H groups in total. The molecule has 1 saturated heterocycles. The van der Waals surface area contributed by atoms with Crippen LogP contribution in [0.2, 0.25) is 10.0 Å². The number of amides is 4. The molecule has 11 heteroatoms. The molecule has 1 fully saturated rings. The minimum atomic E-state index is -0.981. The number of hydrogen-bond acceptors (Lipinski definition) is 4. The van der Waals surface area contributed by atoms with Crippen LogP contribution in [-0.4, -0.2) is 53.3 Å². The summed E-state index contributed by atoms with van der Waals surface area (Å²) in [6, 6.07) is 19.8. The van der Waals surface area contributed by atoms with Gasteiger partial charge in [-0.3, -0.25) is 19.2 Å². The van der Waals surface area contributed by atoms with Crippen LogP contribution in [0, 0.1) is 0 Å². The van der Waals surface area contributed by atoms with E-state index in [9.17, 15) is 19.2 Å². The topological polar surface area (TPSA) is 132 Å². The van der Waals surface area contributed by atoms with Gasteiger partial charge in [0.2, 0.25) is 23.6 Å². The monoisotopic (exact) mass is 633 g/mol. The number of carbonyl (C=O) groups is 4. The molecule has 0 spiro atoms. The van der Waals surface area contributed by atoms with Gasteiger partial charge in [0.15, 0.2) is 0 Å². The van der Waals surface area contributed by atoms with E-state index in [4.69, 9.17) is 23.2 Å². The van der Waals surface area contributed by atoms with Gasteiger partial charge in [-0.2, -0.15) is 0 Å². The third-order valence-electron chi connectivity index (χ3n) is 7.60. The van der Waals surface area contributed by atoms with Gasteiger partial charge in [0.1, 0.15) is 12.1 Å². The van der Waals surface area contributed by atoms with Crippen LogP contribution in [0.4, 0.5) is 0 Å². The van der Waals surface area contributed by atoms with Crippen molar-refractivity contribution in [2.75, 3.05) is 6.54 Å². The second-order valence-electron chi connectivity index (χ2n) is 10.9. The zero-order valence-electron chi connectivity index (χ0n) is 23.9. The van der Waals surface area contributed by atoms with E-state index >= 15 is 0 Å². The molecular weight excluding hydrogens is 601 g/mol. The predicted octanol–water partition coefficient (Wildman–Crippen LogP) is 3.87. The smallest absolute Gasteiger partial charge is 0.243 e. The summed E-state index contributed by atoms with van der Waals surface area (Å²) in [4.78, 5) is 56.5. The highest BCUT2D eigenvalue weighted by Crippen LogP contribution is 2.23. The molecule has 228 valence electrons. The van der Waals surface area contributed by atoms with Crippen molar-refractivity contribution in [3.05, 3.63) is 106 Å². The Balaban J connectivity index is 1.43. The predicted molar refractivity (Wildman–Crippen MR) is 170 cm³/mol. The summed E-state index contributed by atoms with van der Waals surface area (Å²) in [5.41, 5.74) is 3.40. The molecule has 4 amide bonds. The van der Waals surface area contributed by atoms with Crippen molar-refractivity contribution >= 4 is 57.7 Å². The number of hydrogen-bond donors (Lipinski definition) is 5. The van der Waals surface area contributed by atoms with E-state index in [2.05, 4.69) is 26.3 Å². The molecule has 3 aromatic carbocycles. The lowest BCUT2D eigenvalue weighted by Crippen LogP contribution is -2.57. The summed E-state index contributed by atoms with van der Waals surface area (Å²) in [6.45, 7) is 0.113. The Bertz CT molecular complexity index is 1660. The SMILES string of the molecule is O=C1CCC(=O)N[C@@H](Cc2c[nH]c3ccccc23)C(=O)N[C@@H](Cc2ccccc2)C(=O)N[C@H](Cc2ccc(Cl)c(Cl)c2)CN1. The number of aromatic amines is 1. The van der Waals surface area contributed by atoms with E-state index in [1.165, 1.54) is 0 Å². The zero-order valence-corrected chi connectivity index (χ0v) is 25.4. The molecular formula is C33H33Cl2N5O4. The van der Waals surface area contributed by atoms with Crippen molar-refractivity contribution in [2.24, 2.45) is 0 Å². The number of carbonyl (C=O) groups excluding carboxylic acids is 4. The van der Waals surface area contributed by atoms with Crippen LogP contribution in [0.1, 0.15) is 29.5 Å². The highest BCUT2D eigenvalue weighted by atomic mass is 35.5. The van der Waals surface area contributed by atoms with Gasteiger partial charge < -0.3 is 26.3 Å². The number of fused-ring (bicyclic) bond motifs is 1. The van der Waals surface area contributed by atoms with Crippen LogP contribution in [-0.2, 0) is 38.4 Å². The van der Waals surface area contributed by atoms with Gasteiger partial charge in [-0.05, 0) is 41.3 Å². The zero-order chi connectivity index (χ0) is 31.1. The van der Waals surface area contributed by atoms with E-state index in [0.717, 1.165) is 27.6 Å². The largest absolute Gasteiger partial charge is 0.361 e. The van der Waals surface area contributed by atoms with Crippen LogP contribution in [0.3, 0.4) is 0 Å². The minimum absolute atomic E-state index is 0.0721. The summed E-state index contributed by atoms with van der Waals surface area (Å²) in [6.07, 6.45) is 2.40. The molecule has 0 saturated carbocycles. The fourth-order valence-electron chi connectivity index (χ4n) is 5.31. The van der Waals surface area contributed by atoms with E-state index < -0.39 is 35.8 Å². The van der Waals surface area contributed by atoms with Crippen molar-refractivity contribution < 1.29 is 19.2 Å². The molecule has 0 radical (unpaired) electrons. The van der Waals surface area contributed by atoms with Gasteiger partial charge in [-0.15, -0.1) is 0 Å². The fraction of sp³-hybridized carbons (Fsp3) is 0.273. The summed E-state index contributed by atoms with van der Waals surface area (Å²) in [5.74, 6) is -1.70. The van der Waals surface area contributed by atoms with Crippen molar-refractivity contribution in [3.63, 3.8) is 0 Å². The van der Waals surface area contributed by atoms with E-state index in [0.29, 0.717) is 16.5 Å². The van der Waals surface area contributed by atoms with Crippen LogP contribution in [0.15, 0.2) is 79.0 Å². The Kier molecular flexibility index (Phi) is 10.2. The minimum Gasteiger partial charge on any atom is -0.361 e. The number of halogens is 2. The first-order valence-corrected chi connectivity index (χ1v) is 15.2. The average Bonchev–Trinajstić information content (AvgIpc) is 3.42. The maximum Gasteiger partial charge on any atom is 0.243 e. The van der Waals surface area contributed by atoms with E-state index in [-0.39, 0.29) is 38.1 Å². The molecule has 9 nitrogen and oxygen atoms in total. The van der Waals surface area contributed by atoms with Crippen LogP contribution >= 0.6 is 23.2 Å². The van der Waals surface area contributed by atoms with Gasteiger partial charge in [0, 0.05) is 49.3 Å². The van der Waals surface area contributed by atoms with Crippen LogP contribution in [0.25, 0.3) is 10.9 Å². The molecule has 5 rings (SSSR count). The standard InChI is InChI=1S/C33H33Cl2N5O4/c34-25-11-10-21(15-26(25)35)14-23-19-37-30(41)12-13-31(42)39-29(17-22-18-36-27-9-5-4-8-24(22)27)33(44)40-28(32(43)38-23)16-20-6-2-1-3-7-20/h1-11,15,18,23,28-29,36H,12-14,16-17,19H2,(H,37,41)(H,38,43)(H,39,42)(H,40,44)/t23-,28+,29+/m1/s1. The molecule has 3 atom stereocenters. The molecule has 2 heterocycles. The van der Waals surface area contributed by atoms with Crippen LogP contribution < -0.4 is 21.3 Å². The summed E-state index contributed by atoms with van der Waals surface area (Å²) < 4.78 is 0. The highest BCUT2D eigenvalue weighted by Gasteiger charge is 2.30. The van der Waals surface area contributed by atoms with Gasteiger partial charge >= 0.3 is 0 Å². The van der Waals surface area contributed by atoms with E-state index in [1.807, 2.05) is 60.8 Å². The van der Waals surface area contributed by atoms with Crippen molar-refractivity contribution in [2.45, 2.75) is 50.2 Å². The second-order valence-corrected chi connectivity index (χ2v) is 11.7. The molecule has 0 aliphatic carbocycles. The lowest BCUT2D eigenvalue weighted by molar-refractivity contribution is -0.133. The van der Waals surface area contributed by atoms with E-state index in [1.54, 1.807) is 18.2 Å². The Labute approximate surface area is 265 Å². The molecule has 0 bridgehead atoms. The van der Waals surface area contributed by atoms with Crippen molar-refractivity contribution in [3.8, 4) is 0 Å². The lowest BCUT2D eigenvalue weighted by atomic mass is 10.0. The number of rotatable bonds is 6. The summed E-state index contributed by atoms with van der Waals surface area (Å²) in [5, 5.41) is 13.3. The van der Waals surface area contributed by atoms with Gasteiger partial charge in [0.25, 0.3) is 0 Å². The quantitative estimate of drug-likeness (QED) is 0.220. The molecule has 44 heavy (non-hydrogen) atoms. The van der Waals surface area contributed by atoms with Gasteiger partial charge in [-0.25, -0.2) is 0 Å². The molecule has 0 unspecified atom stereocenters.